The first-order chi connectivity index (χ1) is 20.0. The van der Waals surface area contributed by atoms with Gasteiger partial charge in [0.15, 0.2) is 10.0 Å². The van der Waals surface area contributed by atoms with Gasteiger partial charge in [-0.05, 0) is 101 Å². The molecule has 2 heterocycles. The first-order valence-corrected chi connectivity index (χ1v) is 15.8. The zero-order valence-corrected chi connectivity index (χ0v) is 26.6. The number of carbonyl (C=O) groups excluding carboxylic acids is 1. The number of pyridine rings is 1. The van der Waals surface area contributed by atoms with Gasteiger partial charge in [0.2, 0.25) is 0 Å². The lowest BCUT2D eigenvalue weighted by Crippen LogP contribution is -2.40. The number of nitrogens with zero attached hydrogens (tertiary/aromatic N) is 2. The number of anilines is 2. The number of amides is 2. The molecule has 0 saturated heterocycles. The van der Waals surface area contributed by atoms with E-state index < -0.39 is 16.9 Å². The summed E-state index contributed by atoms with van der Waals surface area (Å²) in [7, 11) is 0. The van der Waals surface area contributed by atoms with Gasteiger partial charge in [-0.2, -0.15) is 0 Å². The molecule has 0 spiro atoms. The average molecular weight is 622 g/mol. The van der Waals surface area contributed by atoms with E-state index >= 15 is 0 Å². The highest BCUT2D eigenvalue weighted by molar-refractivity contribution is 7.89. The molecule has 0 fully saturated rings. The van der Waals surface area contributed by atoms with Gasteiger partial charge in [0.05, 0.1) is 27.3 Å². The lowest BCUT2D eigenvalue weighted by atomic mass is 10.1. The van der Waals surface area contributed by atoms with Crippen molar-refractivity contribution < 1.29 is 9.35 Å². The van der Waals surface area contributed by atoms with E-state index in [1.165, 1.54) is 11.3 Å². The van der Waals surface area contributed by atoms with Crippen LogP contribution in [0.15, 0.2) is 78.1 Å². The van der Waals surface area contributed by atoms with E-state index in [4.69, 9.17) is 12.2 Å². The molecular formula is C30H35N7O2S3. The van der Waals surface area contributed by atoms with Crippen LogP contribution in [0, 0.1) is 0 Å². The Morgan fingerprint density at radius 2 is 1.71 bits per heavy atom. The maximum atomic E-state index is 13.5. The number of rotatable bonds is 9. The summed E-state index contributed by atoms with van der Waals surface area (Å²) in [5, 5.41) is 13.4. The predicted octanol–water partition coefficient (Wildman–Crippen LogP) is 6.30. The lowest BCUT2D eigenvalue weighted by Gasteiger charge is -2.23. The van der Waals surface area contributed by atoms with Crippen LogP contribution in [0.4, 0.5) is 16.2 Å². The van der Waals surface area contributed by atoms with Crippen LogP contribution in [0.2, 0.25) is 0 Å². The molecule has 2 aromatic heterocycles. The summed E-state index contributed by atoms with van der Waals surface area (Å²) in [6.07, 6.45) is 5.14. The minimum Gasteiger partial charge on any atom is -0.593 e. The van der Waals surface area contributed by atoms with Gasteiger partial charge in [-0.3, -0.25) is 4.98 Å². The van der Waals surface area contributed by atoms with Crippen molar-refractivity contribution in [2.24, 2.45) is 0 Å². The van der Waals surface area contributed by atoms with Crippen LogP contribution >= 0.6 is 23.6 Å². The summed E-state index contributed by atoms with van der Waals surface area (Å²) < 4.78 is 16.6. The van der Waals surface area contributed by atoms with E-state index in [9.17, 15) is 9.35 Å². The molecule has 0 saturated carbocycles. The molecule has 12 heteroatoms. The van der Waals surface area contributed by atoms with Gasteiger partial charge in [0.1, 0.15) is 5.01 Å². The number of carbonyl (C=O) groups is 1. The molecule has 4 rings (SSSR count). The molecular weight excluding hydrogens is 587 g/mol. The van der Waals surface area contributed by atoms with Gasteiger partial charge < -0.3 is 25.8 Å². The maximum Gasteiger partial charge on any atom is 0.319 e. The van der Waals surface area contributed by atoms with Crippen LogP contribution < -0.4 is 26.0 Å². The van der Waals surface area contributed by atoms with Gasteiger partial charge >= 0.3 is 6.03 Å². The molecule has 4 aromatic rings. The fourth-order valence-electron chi connectivity index (χ4n) is 3.81. The van der Waals surface area contributed by atoms with E-state index in [0.29, 0.717) is 22.2 Å². The SMILES string of the molecule is CC(C)NC(=S)Nc1ccc(-c2ncc(-c3ccc(NC(=O)NCc4ccncc4)cc3[S+]([O-])NC(C)(C)C)s2)cc1. The van der Waals surface area contributed by atoms with Crippen LogP contribution in [0.25, 0.3) is 21.0 Å². The summed E-state index contributed by atoms with van der Waals surface area (Å²) in [4.78, 5) is 22.6. The highest BCUT2D eigenvalue weighted by atomic mass is 32.2. The second-order valence-electron chi connectivity index (χ2n) is 10.9. The monoisotopic (exact) mass is 621 g/mol. The first kappa shape index (κ1) is 31.4. The fraction of sp³-hybridized carbons (Fsp3) is 0.267. The van der Waals surface area contributed by atoms with E-state index in [0.717, 1.165) is 32.3 Å². The Bertz CT molecular complexity index is 1500. The zero-order chi connectivity index (χ0) is 30.3. The Morgan fingerprint density at radius 1 is 1.02 bits per heavy atom. The zero-order valence-electron chi connectivity index (χ0n) is 24.1. The van der Waals surface area contributed by atoms with E-state index in [2.05, 4.69) is 36.0 Å². The second-order valence-corrected chi connectivity index (χ2v) is 13.5. The molecule has 9 nitrogen and oxygen atoms in total. The molecule has 0 aliphatic carbocycles. The Labute approximate surface area is 259 Å². The number of hydrogen-bond acceptors (Lipinski definition) is 7. The Balaban J connectivity index is 1.53. The molecule has 1 unspecified atom stereocenters. The molecule has 0 aliphatic heterocycles. The summed E-state index contributed by atoms with van der Waals surface area (Å²) in [6, 6.07) is 16.8. The number of benzene rings is 2. The van der Waals surface area contributed by atoms with Gasteiger partial charge in [-0.15, -0.1) is 16.1 Å². The van der Waals surface area contributed by atoms with Crippen molar-refractivity contribution in [1.82, 2.24) is 25.3 Å². The van der Waals surface area contributed by atoms with Crippen molar-refractivity contribution in [3.8, 4) is 21.0 Å². The highest BCUT2D eigenvalue weighted by Gasteiger charge is 2.26. The van der Waals surface area contributed by atoms with Gasteiger partial charge in [0.25, 0.3) is 0 Å². The minimum atomic E-state index is -1.55. The van der Waals surface area contributed by atoms with Gasteiger partial charge in [-0.25, -0.2) is 9.78 Å². The van der Waals surface area contributed by atoms with Crippen LogP contribution in [-0.4, -0.2) is 37.2 Å². The van der Waals surface area contributed by atoms with Crippen molar-refractivity contribution in [3.63, 3.8) is 0 Å². The largest absolute Gasteiger partial charge is 0.593 e. The highest BCUT2D eigenvalue weighted by Crippen LogP contribution is 2.37. The van der Waals surface area contributed by atoms with Crippen molar-refractivity contribution >= 4 is 57.4 Å². The minimum absolute atomic E-state index is 0.246. The van der Waals surface area contributed by atoms with E-state index in [1.54, 1.807) is 30.7 Å². The fourth-order valence-corrected chi connectivity index (χ4v) is 6.46. The summed E-state index contributed by atoms with van der Waals surface area (Å²) >= 11 is 5.29. The van der Waals surface area contributed by atoms with Crippen LogP contribution in [-0.2, 0) is 17.9 Å². The quantitative estimate of drug-likeness (QED) is 0.109. The van der Waals surface area contributed by atoms with Crippen molar-refractivity contribution in [2.75, 3.05) is 10.6 Å². The summed E-state index contributed by atoms with van der Waals surface area (Å²) in [5.74, 6) is 0. The smallest absolute Gasteiger partial charge is 0.319 e. The Morgan fingerprint density at radius 3 is 2.38 bits per heavy atom. The molecule has 220 valence electrons. The molecule has 2 amide bonds. The molecule has 2 aromatic carbocycles. The molecule has 5 N–H and O–H groups in total. The normalized spacial score (nSPS) is 12.1. The number of thiazole rings is 1. The topological polar surface area (TPSA) is 126 Å². The van der Waals surface area contributed by atoms with Gasteiger partial charge in [0, 0.05) is 54.2 Å². The molecule has 0 bridgehead atoms. The Hall–Kier alpha value is -3.55. The molecule has 0 radical (unpaired) electrons. The number of hydrogen-bond donors (Lipinski definition) is 5. The van der Waals surface area contributed by atoms with Crippen molar-refractivity contribution in [1.29, 1.82) is 0 Å². The van der Waals surface area contributed by atoms with Crippen molar-refractivity contribution in [3.05, 3.63) is 78.8 Å². The predicted molar refractivity (Wildman–Crippen MR) is 177 cm³/mol. The second kappa shape index (κ2) is 14.1. The van der Waals surface area contributed by atoms with Crippen LogP contribution in [0.3, 0.4) is 0 Å². The number of aromatic nitrogens is 2. The van der Waals surface area contributed by atoms with E-state index in [1.807, 2.05) is 77.1 Å². The van der Waals surface area contributed by atoms with Crippen LogP contribution in [0.5, 0.6) is 0 Å². The van der Waals surface area contributed by atoms with E-state index in [-0.39, 0.29) is 12.1 Å². The van der Waals surface area contributed by atoms with Gasteiger partial charge in [-0.1, -0.05) is 0 Å². The number of urea groups is 1. The third kappa shape index (κ3) is 9.23. The summed E-state index contributed by atoms with van der Waals surface area (Å²) in [6.45, 7) is 10.3. The third-order valence-electron chi connectivity index (χ3n) is 5.62. The average Bonchev–Trinajstić information content (AvgIpc) is 3.42. The molecule has 42 heavy (non-hydrogen) atoms. The standard InChI is InChI=1S/C30H35N7O2S3/c1-19(2)34-29(40)36-22-8-6-21(7-9-22)27-32-18-25(41-27)24-11-10-23(16-26(24)42(39)37-30(3,4)5)35-28(38)33-17-20-12-14-31-15-13-20/h6-16,18-19,37H,17H2,1-5H3,(H2,33,35,38)(H2,34,36,40). The molecule has 0 aliphatic rings. The Kier molecular flexibility index (Phi) is 10.5. The van der Waals surface area contributed by atoms with Crippen LogP contribution in [0.1, 0.15) is 40.2 Å². The lowest BCUT2D eigenvalue weighted by molar-refractivity contribution is 0.251. The van der Waals surface area contributed by atoms with Crippen molar-refractivity contribution in [2.45, 2.75) is 57.6 Å². The molecule has 1 atom stereocenters. The third-order valence-corrected chi connectivity index (χ3v) is 8.46. The number of thiocarbonyl (C=S) groups is 1. The number of nitrogens with one attached hydrogen (secondary N) is 5. The summed E-state index contributed by atoms with van der Waals surface area (Å²) in [5.41, 5.74) is 3.69. The first-order valence-electron chi connectivity index (χ1n) is 13.4. The maximum absolute atomic E-state index is 13.5.